The van der Waals surface area contributed by atoms with Crippen LogP contribution < -0.4 is 5.48 Å². The van der Waals surface area contributed by atoms with Crippen LogP contribution in [0.2, 0.25) is 0 Å². The van der Waals surface area contributed by atoms with Crippen LogP contribution in [0.4, 0.5) is 0 Å². The molecule has 1 aliphatic heterocycles. The Bertz CT molecular complexity index is 389. The Morgan fingerprint density at radius 2 is 1.23 bits per heavy atom. The lowest BCUT2D eigenvalue weighted by Crippen LogP contribution is -2.23. The van der Waals surface area contributed by atoms with Crippen LogP contribution in [0, 0.1) is 0 Å². The van der Waals surface area contributed by atoms with Crippen LogP contribution >= 0.6 is 0 Å². The van der Waals surface area contributed by atoms with E-state index in [0.717, 1.165) is 19.3 Å². The molecule has 1 N–H and O–H groups in total. The fraction of sp³-hybridized carbons (Fsp3) is 0.947. The maximum Gasteiger partial charge on any atom is 0.243 e. The minimum Gasteiger partial charge on any atom is -0.274 e. The smallest absolute Gasteiger partial charge is 0.243 e. The van der Waals surface area contributed by atoms with Gasteiger partial charge >= 0.3 is 0 Å². The van der Waals surface area contributed by atoms with Crippen molar-refractivity contribution in [1.29, 1.82) is 0 Å². The van der Waals surface area contributed by atoms with Crippen molar-refractivity contribution in [3.63, 3.8) is 0 Å². The van der Waals surface area contributed by atoms with Crippen molar-refractivity contribution in [3.8, 4) is 0 Å². The highest BCUT2D eigenvalue weighted by Gasteiger charge is 2.07. The molecule has 0 radical (unpaired) electrons. The molecule has 0 aliphatic carbocycles. The molecule has 1 amide bonds. The Morgan fingerprint density at radius 3 is 1.73 bits per heavy atom. The van der Waals surface area contributed by atoms with Gasteiger partial charge in [-0.25, -0.2) is 5.48 Å². The number of nitrogens with one attached hydrogen (secondary N) is 1. The highest BCUT2D eigenvalue weighted by Crippen LogP contribution is 2.16. The first-order chi connectivity index (χ1) is 12.8. The standard InChI is InChI=1S/C19H37N5O2/c1-2-26-22-19(25)17-15-13-11-9-7-5-3-4-6-8-10-12-14-16-18-20-23-24-21-18/h18H,2-17H2,1H3,(H,22,25). The highest BCUT2D eigenvalue weighted by molar-refractivity contribution is 5.74. The Balaban J connectivity index is 1.68. The molecule has 0 aromatic heterocycles. The first-order valence-electron chi connectivity index (χ1n) is 10.5. The van der Waals surface area contributed by atoms with E-state index in [4.69, 9.17) is 4.84 Å². The van der Waals surface area contributed by atoms with E-state index in [-0.39, 0.29) is 12.1 Å². The number of amides is 1. The summed E-state index contributed by atoms with van der Waals surface area (Å²) in [5.74, 6) is 0.00131. The van der Waals surface area contributed by atoms with E-state index in [0.29, 0.717) is 13.0 Å². The SMILES string of the molecule is CCONC(=O)CCCCCCCCCCCCCCCC1N=NN=N1. The van der Waals surface area contributed by atoms with Gasteiger partial charge in [0.15, 0.2) is 6.17 Å². The zero-order chi connectivity index (χ0) is 18.7. The van der Waals surface area contributed by atoms with Crippen molar-refractivity contribution < 1.29 is 9.63 Å². The van der Waals surface area contributed by atoms with Gasteiger partial charge in [-0.2, -0.15) is 0 Å². The molecule has 0 saturated heterocycles. The topological polar surface area (TPSA) is 87.8 Å². The molecule has 1 rings (SSSR count). The number of hydrogen-bond donors (Lipinski definition) is 1. The summed E-state index contributed by atoms with van der Waals surface area (Å²) in [4.78, 5) is 16.2. The third-order valence-corrected chi connectivity index (χ3v) is 4.61. The molecule has 0 fully saturated rings. The minimum atomic E-state index is 0.00131. The fourth-order valence-corrected chi connectivity index (χ4v) is 3.06. The predicted octanol–water partition coefficient (Wildman–Crippen LogP) is 6.06. The molecule has 0 bridgehead atoms. The van der Waals surface area contributed by atoms with Crippen LogP contribution in [0.5, 0.6) is 0 Å². The summed E-state index contributed by atoms with van der Waals surface area (Å²) < 4.78 is 0. The van der Waals surface area contributed by atoms with E-state index < -0.39 is 0 Å². The average molecular weight is 368 g/mol. The summed E-state index contributed by atoms with van der Waals surface area (Å²) in [5.41, 5.74) is 2.44. The highest BCUT2D eigenvalue weighted by atomic mass is 16.6. The molecule has 0 aromatic carbocycles. The van der Waals surface area contributed by atoms with Crippen molar-refractivity contribution in [2.75, 3.05) is 6.61 Å². The zero-order valence-electron chi connectivity index (χ0n) is 16.5. The van der Waals surface area contributed by atoms with Gasteiger partial charge in [-0.3, -0.25) is 9.63 Å². The summed E-state index contributed by atoms with van der Waals surface area (Å²) in [5, 5.41) is 14.9. The Morgan fingerprint density at radius 1 is 0.769 bits per heavy atom. The molecular formula is C19H37N5O2. The Labute approximate surface area is 158 Å². The van der Waals surface area contributed by atoms with Gasteiger partial charge in [0.2, 0.25) is 5.91 Å². The van der Waals surface area contributed by atoms with Crippen molar-refractivity contribution >= 4 is 5.91 Å². The van der Waals surface area contributed by atoms with E-state index in [1.165, 1.54) is 70.6 Å². The third kappa shape index (κ3) is 13.9. The zero-order valence-corrected chi connectivity index (χ0v) is 16.5. The Kier molecular flexibility index (Phi) is 14.9. The van der Waals surface area contributed by atoms with Crippen molar-refractivity contribution in [3.05, 3.63) is 0 Å². The summed E-state index contributed by atoms with van der Waals surface area (Å²) in [6.45, 7) is 2.38. The maximum absolute atomic E-state index is 11.3. The summed E-state index contributed by atoms with van der Waals surface area (Å²) in [7, 11) is 0. The molecule has 26 heavy (non-hydrogen) atoms. The second kappa shape index (κ2) is 17.1. The molecule has 0 atom stereocenters. The molecule has 0 unspecified atom stereocenters. The van der Waals surface area contributed by atoms with Gasteiger partial charge in [0, 0.05) is 6.42 Å². The first kappa shape index (κ1) is 22.7. The number of carbonyl (C=O) groups is 1. The number of rotatable bonds is 18. The van der Waals surface area contributed by atoms with Crippen LogP contribution in [0.3, 0.4) is 0 Å². The van der Waals surface area contributed by atoms with E-state index >= 15 is 0 Å². The summed E-state index contributed by atoms with van der Waals surface area (Å²) in [6, 6.07) is 0. The van der Waals surface area contributed by atoms with Crippen LogP contribution in [0.15, 0.2) is 20.7 Å². The van der Waals surface area contributed by atoms with Gasteiger partial charge in [-0.05, 0) is 36.6 Å². The van der Waals surface area contributed by atoms with Crippen LogP contribution in [0.1, 0.15) is 103 Å². The van der Waals surface area contributed by atoms with Gasteiger partial charge in [0.1, 0.15) is 0 Å². The van der Waals surface area contributed by atoms with Crippen molar-refractivity contribution in [1.82, 2.24) is 5.48 Å². The quantitative estimate of drug-likeness (QED) is 0.235. The lowest BCUT2D eigenvalue weighted by Gasteiger charge is -2.04. The lowest BCUT2D eigenvalue weighted by molar-refractivity contribution is -0.133. The van der Waals surface area contributed by atoms with E-state index in [2.05, 4.69) is 26.2 Å². The van der Waals surface area contributed by atoms with Crippen LogP contribution in [0.25, 0.3) is 0 Å². The Hall–Kier alpha value is -1.37. The number of hydrogen-bond acceptors (Lipinski definition) is 6. The molecule has 7 nitrogen and oxygen atoms in total. The second-order valence-electron chi connectivity index (χ2n) is 6.98. The molecule has 0 spiro atoms. The van der Waals surface area contributed by atoms with Crippen molar-refractivity contribution in [2.45, 2.75) is 109 Å². The molecule has 1 aliphatic rings. The second-order valence-corrected chi connectivity index (χ2v) is 6.98. The fourth-order valence-electron chi connectivity index (χ4n) is 3.06. The normalized spacial score (nSPS) is 13.6. The summed E-state index contributed by atoms with van der Waals surface area (Å²) in [6.07, 6.45) is 18.1. The van der Waals surface area contributed by atoms with Gasteiger partial charge in [-0.15, -0.1) is 10.2 Å². The van der Waals surface area contributed by atoms with Gasteiger partial charge < -0.3 is 0 Å². The predicted molar refractivity (Wildman–Crippen MR) is 103 cm³/mol. The minimum absolute atomic E-state index is 0.00131. The number of unbranched alkanes of at least 4 members (excludes halogenated alkanes) is 12. The first-order valence-corrected chi connectivity index (χ1v) is 10.5. The van der Waals surface area contributed by atoms with Crippen molar-refractivity contribution in [2.24, 2.45) is 20.7 Å². The summed E-state index contributed by atoms with van der Waals surface area (Å²) >= 11 is 0. The lowest BCUT2D eigenvalue weighted by atomic mass is 10.0. The molecule has 150 valence electrons. The third-order valence-electron chi connectivity index (χ3n) is 4.61. The molecule has 0 saturated carbocycles. The van der Waals surface area contributed by atoms with E-state index in [9.17, 15) is 4.79 Å². The van der Waals surface area contributed by atoms with Gasteiger partial charge in [0.05, 0.1) is 6.61 Å². The van der Waals surface area contributed by atoms with Crippen LogP contribution in [-0.2, 0) is 9.63 Å². The molecular weight excluding hydrogens is 330 g/mol. The van der Waals surface area contributed by atoms with Crippen LogP contribution in [-0.4, -0.2) is 18.7 Å². The number of hydroxylamine groups is 1. The van der Waals surface area contributed by atoms with E-state index in [1.807, 2.05) is 6.92 Å². The molecule has 1 heterocycles. The average Bonchev–Trinajstić information content (AvgIpc) is 3.16. The number of nitrogens with zero attached hydrogens (tertiary/aromatic N) is 4. The van der Waals surface area contributed by atoms with E-state index in [1.54, 1.807) is 0 Å². The largest absolute Gasteiger partial charge is 0.274 e. The molecule has 0 aromatic rings. The van der Waals surface area contributed by atoms with Gasteiger partial charge in [-0.1, -0.05) is 70.6 Å². The maximum atomic E-state index is 11.3. The van der Waals surface area contributed by atoms with Gasteiger partial charge in [0.25, 0.3) is 0 Å². The monoisotopic (exact) mass is 367 g/mol. The number of carbonyl (C=O) groups excluding carboxylic acids is 1. The molecule has 7 heteroatoms.